The first-order chi connectivity index (χ1) is 6.13. The number of halogens is 3. The molecular formula is C9H7BrF2O. The minimum atomic E-state index is -0.546. The van der Waals surface area contributed by atoms with E-state index in [0.29, 0.717) is 0 Å². The van der Waals surface area contributed by atoms with Gasteiger partial charge in [-0.2, -0.15) is 0 Å². The standard InChI is InChI=1S/C9H7BrF2O/c10-5-8(13)4-6-3-7(11)1-2-9(6)12/h1-3H,4-5H2. The predicted molar refractivity (Wildman–Crippen MR) is 48.9 cm³/mol. The van der Waals surface area contributed by atoms with Crippen LogP contribution < -0.4 is 0 Å². The maximum absolute atomic E-state index is 12.9. The molecule has 0 fully saturated rings. The van der Waals surface area contributed by atoms with Gasteiger partial charge >= 0.3 is 0 Å². The number of alkyl halides is 1. The summed E-state index contributed by atoms with van der Waals surface area (Å²) < 4.78 is 25.5. The lowest BCUT2D eigenvalue weighted by molar-refractivity contribution is -0.115. The zero-order valence-corrected chi connectivity index (χ0v) is 8.27. The van der Waals surface area contributed by atoms with E-state index in [1.54, 1.807) is 0 Å². The average molecular weight is 249 g/mol. The second-order valence-corrected chi connectivity index (χ2v) is 3.15. The lowest BCUT2D eigenvalue weighted by atomic mass is 10.1. The number of hydrogen-bond acceptors (Lipinski definition) is 1. The zero-order valence-electron chi connectivity index (χ0n) is 6.69. The third-order valence-electron chi connectivity index (χ3n) is 1.54. The van der Waals surface area contributed by atoms with Crippen molar-refractivity contribution in [1.82, 2.24) is 0 Å². The third kappa shape index (κ3) is 2.88. The first kappa shape index (κ1) is 10.3. The Balaban J connectivity index is 2.87. The summed E-state index contributed by atoms with van der Waals surface area (Å²) >= 11 is 2.95. The van der Waals surface area contributed by atoms with Gasteiger partial charge in [0.05, 0.1) is 5.33 Å². The largest absolute Gasteiger partial charge is 0.298 e. The molecule has 4 heteroatoms. The Kier molecular flexibility index (Phi) is 3.54. The third-order valence-corrected chi connectivity index (χ3v) is 2.17. The normalized spacial score (nSPS) is 10.1. The van der Waals surface area contributed by atoms with Gasteiger partial charge in [0.2, 0.25) is 0 Å². The Morgan fingerprint density at radius 1 is 1.38 bits per heavy atom. The minimum Gasteiger partial charge on any atom is -0.298 e. The first-order valence-electron chi connectivity index (χ1n) is 3.65. The van der Waals surface area contributed by atoms with Gasteiger partial charge in [-0.05, 0) is 23.8 Å². The molecule has 0 aliphatic carbocycles. The Bertz CT molecular complexity index is 325. The van der Waals surface area contributed by atoms with Crippen molar-refractivity contribution in [1.29, 1.82) is 0 Å². The summed E-state index contributed by atoms with van der Waals surface area (Å²) in [5, 5.41) is 0.156. The van der Waals surface area contributed by atoms with Gasteiger partial charge in [-0.3, -0.25) is 4.79 Å². The van der Waals surface area contributed by atoms with Crippen molar-refractivity contribution in [2.24, 2.45) is 0 Å². The van der Waals surface area contributed by atoms with Crippen LogP contribution in [0.5, 0.6) is 0 Å². The summed E-state index contributed by atoms with van der Waals surface area (Å²) in [6, 6.07) is 3.08. The van der Waals surface area contributed by atoms with Crippen molar-refractivity contribution < 1.29 is 13.6 Å². The van der Waals surface area contributed by atoms with Gasteiger partial charge in [0.1, 0.15) is 17.4 Å². The van der Waals surface area contributed by atoms with Crippen LogP contribution in [-0.4, -0.2) is 11.1 Å². The van der Waals surface area contributed by atoms with Crippen molar-refractivity contribution in [3.8, 4) is 0 Å². The molecule has 0 bridgehead atoms. The Morgan fingerprint density at radius 2 is 2.08 bits per heavy atom. The second kappa shape index (κ2) is 4.46. The molecule has 0 heterocycles. The van der Waals surface area contributed by atoms with E-state index in [-0.39, 0.29) is 23.1 Å². The number of carbonyl (C=O) groups excluding carboxylic acids is 1. The van der Waals surface area contributed by atoms with E-state index in [9.17, 15) is 13.6 Å². The highest BCUT2D eigenvalue weighted by Gasteiger charge is 2.07. The lowest BCUT2D eigenvalue weighted by Crippen LogP contribution is -2.05. The molecule has 0 spiro atoms. The fraction of sp³-hybridized carbons (Fsp3) is 0.222. The highest BCUT2D eigenvalue weighted by Crippen LogP contribution is 2.10. The highest BCUT2D eigenvalue weighted by molar-refractivity contribution is 9.09. The molecule has 0 saturated heterocycles. The molecule has 1 aromatic rings. The number of Topliss-reactive ketones (excluding diaryl/α,β-unsaturated/α-hetero) is 1. The van der Waals surface area contributed by atoms with Gasteiger partial charge < -0.3 is 0 Å². The van der Waals surface area contributed by atoms with Crippen LogP contribution in [0.1, 0.15) is 5.56 Å². The number of ketones is 1. The summed E-state index contributed by atoms with van der Waals surface area (Å²) in [6.07, 6.45) is -0.0746. The first-order valence-corrected chi connectivity index (χ1v) is 4.77. The van der Waals surface area contributed by atoms with Crippen LogP contribution in [-0.2, 0) is 11.2 Å². The van der Waals surface area contributed by atoms with Gasteiger partial charge in [-0.25, -0.2) is 8.78 Å². The quantitative estimate of drug-likeness (QED) is 0.752. The Hall–Kier alpha value is -0.770. The monoisotopic (exact) mass is 248 g/mol. The summed E-state index contributed by atoms with van der Waals surface area (Å²) in [7, 11) is 0. The summed E-state index contributed by atoms with van der Waals surface area (Å²) in [5.41, 5.74) is 0.101. The van der Waals surface area contributed by atoms with E-state index in [1.165, 1.54) is 0 Å². The van der Waals surface area contributed by atoms with E-state index in [4.69, 9.17) is 0 Å². The molecule has 13 heavy (non-hydrogen) atoms. The molecule has 1 nitrogen and oxygen atoms in total. The maximum Gasteiger partial charge on any atom is 0.147 e. The molecule has 0 radical (unpaired) electrons. The molecular weight excluding hydrogens is 242 g/mol. The molecule has 0 saturated carbocycles. The molecule has 0 N–H and O–H groups in total. The smallest absolute Gasteiger partial charge is 0.147 e. The van der Waals surface area contributed by atoms with Crippen LogP contribution in [0.3, 0.4) is 0 Å². The Labute approximate surface area is 82.9 Å². The fourth-order valence-electron chi connectivity index (χ4n) is 0.938. The lowest BCUT2D eigenvalue weighted by Gasteiger charge is -2.00. The van der Waals surface area contributed by atoms with Gasteiger partial charge in [0.15, 0.2) is 0 Å². The molecule has 0 atom stereocenters. The molecule has 1 rings (SSSR count). The van der Waals surface area contributed by atoms with Crippen LogP contribution in [0, 0.1) is 11.6 Å². The van der Waals surface area contributed by atoms with Gasteiger partial charge in [0, 0.05) is 6.42 Å². The molecule has 0 aliphatic heterocycles. The number of hydrogen-bond donors (Lipinski definition) is 0. The molecule has 0 aliphatic rings. The van der Waals surface area contributed by atoms with Crippen LogP contribution in [0.25, 0.3) is 0 Å². The second-order valence-electron chi connectivity index (χ2n) is 2.58. The van der Waals surface area contributed by atoms with Crippen molar-refractivity contribution in [3.63, 3.8) is 0 Å². The SMILES string of the molecule is O=C(CBr)Cc1cc(F)ccc1F. The van der Waals surface area contributed by atoms with Gasteiger partial charge in [-0.1, -0.05) is 15.9 Å². The highest BCUT2D eigenvalue weighted by atomic mass is 79.9. The van der Waals surface area contributed by atoms with Crippen molar-refractivity contribution in [2.75, 3.05) is 5.33 Å². The van der Waals surface area contributed by atoms with Crippen LogP contribution in [0.2, 0.25) is 0 Å². The van der Waals surface area contributed by atoms with E-state index < -0.39 is 11.6 Å². The van der Waals surface area contributed by atoms with E-state index >= 15 is 0 Å². The van der Waals surface area contributed by atoms with E-state index in [1.807, 2.05) is 0 Å². The van der Waals surface area contributed by atoms with Crippen molar-refractivity contribution >= 4 is 21.7 Å². The van der Waals surface area contributed by atoms with Crippen LogP contribution >= 0.6 is 15.9 Å². The van der Waals surface area contributed by atoms with E-state index in [2.05, 4.69) is 15.9 Å². The molecule has 1 aromatic carbocycles. The predicted octanol–water partition coefficient (Wildman–Crippen LogP) is 2.47. The zero-order chi connectivity index (χ0) is 9.84. The van der Waals surface area contributed by atoms with Gasteiger partial charge in [0.25, 0.3) is 0 Å². The summed E-state index contributed by atoms with van der Waals surface area (Å²) in [4.78, 5) is 10.9. The topological polar surface area (TPSA) is 17.1 Å². The Morgan fingerprint density at radius 3 is 2.69 bits per heavy atom. The average Bonchev–Trinajstić information content (AvgIpc) is 2.11. The van der Waals surface area contributed by atoms with Crippen LogP contribution in [0.4, 0.5) is 8.78 Å². The number of carbonyl (C=O) groups is 1. The maximum atomic E-state index is 12.9. The molecule has 0 amide bonds. The van der Waals surface area contributed by atoms with Gasteiger partial charge in [-0.15, -0.1) is 0 Å². The van der Waals surface area contributed by atoms with Crippen LogP contribution in [0.15, 0.2) is 18.2 Å². The van der Waals surface area contributed by atoms with Crippen molar-refractivity contribution in [2.45, 2.75) is 6.42 Å². The molecule has 70 valence electrons. The molecule has 0 aromatic heterocycles. The van der Waals surface area contributed by atoms with E-state index in [0.717, 1.165) is 18.2 Å². The van der Waals surface area contributed by atoms with Crippen molar-refractivity contribution in [3.05, 3.63) is 35.4 Å². The summed E-state index contributed by atoms with van der Waals surface area (Å²) in [5.74, 6) is -1.25. The fourth-order valence-corrected chi connectivity index (χ4v) is 1.14. The minimum absolute atomic E-state index is 0.0746. The number of benzene rings is 1. The summed E-state index contributed by atoms with van der Waals surface area (Å²) in [6.45, 7) is 0. The number of rotatable bonds is 3. The molecule has 0 unspecified atom stereocenters.